The van der Waals surface area contributed by atoms with Crippen LogP contribution in [0.3, 0.4) is 0 Å². The summed E-state index contributed by atoms with van der Waals surface area (Å²) >= 11 is 3.44. The van der Waals surface area contributed by atoms with E-state index in [0.29, 0.717) is 6.61 Å². The fourth-order valence-corrected chi connectivity index (χ4v) is 2.97. The van der Waals surface area contributed by atoms with E-state index in [1.807, 2.05) is 48.5 Å². The molecule has 0 amide bonds. The second kappa shape index (κ2) is 11.9. The van der Waals surface area contributed by atoms with Crippen molar-refractivity contribution >= 4 is 38.6 Å². The van der Waals surface area contributed by atoms with Gasteiger partial charge in [0.05, 0.1) is 19.4 Å². The van der Waals surface area contributed by atoms with E-state index in [-0.39, 0.29) is 18.9 Å². The molecule has 0 bridgehead atoms. The predicted molar refractivity (Wildman–Crippen MR) is 120 cm³/mol. The van der Waals surface area contributed by atoms with Crippen molar-refractivity contribution in [2.45, 2.75) is 25.3 Å². The van der Waals surface area contributed by atoms with Gasteiger partial charge in [0, 0.05) is 22.3 Å². The van der Waals surface area contributed by atoms with Crippen molar-refractivity contribution < 1.29 is 24.5 Å². The van der Waals surface area contributed by atoms with Crippen LogP contribution in [0.1, 0.15) is 30.9 Å². The first-order valence-electron chi connectivity index (χ1n) is 9.42. The summed E-state index contributed by atoms with van der Waals surface area (Å²) in [6.07, 6.45) is 0.190. The van der Waals surface area contributed by atoms with Gasteiger partial charge in [0.1, 0.15) is 5.75 Å². The summed E-state index contributed by atoms with van der Waals surface area (Å²) in [7, 11) is 0. The molecule has 3 aromatic rings. The van der Waals surface area contributed by atoms with Gasteiger partial charge in [-0.25, -0.2) is 0 Å². The third kappa shape index (κ3) is 7.85. The van der Waals surface area contributed by atoms with E-state index in [1.165, 1.54) is 5.39 Å². The molecule has 30 heavy (non-hydrogen) atoms. The molecule has 7 heteroatoms. The molecule has 1 atom stereocenters. The maximum Gasteiger partial charge on any atom is 0.303 e. The van der Waals surface area contributed by atoms with Gasteiger partial charge >= 0.3 is 11.9 Å². The summed E-state index contributed by atoms with van der Waals surface area (Å²) in [6.45, 7) is 0.602. The topological polar surface area (TPSA) is 110 Å². The molecule has 0 aromatic heterocycles. The standard InChI is InChI=1S/C19H18BrNO.C4H6O4/c20-16-10-8-15(9-11-16)18(21)12-13-22-19-7-3-5-14-4-1-2-6-17(14)19;5-3(6)1-2-4(7)8/h1-11,18H,12-13,21H2;1-2H2,(H,5,6)(H,7,8). The van der Waals surface area contributed by atoms with Gasteiger partial charge in [-0.3, -0.25) is 9.59 Å². The zero-order valence-electron chi connectivity index (χ0n) is 16.3. The Morgan fingerprint density at radius 1 is 0.900 bits per heavy atom. The molecule has 0 saturated carbocycles. The van der Waals surface area contributed by atoms with Crippen molar-refractivity contribution in [1.29, 1.82) is 0 Å². The Morgan fingerprint density at radius 3 is 2.13 bits per heavy atom. The average Bonchev–Trinajstić information content (AvgIpc) is 2.73. The van der Waals surface area contributed by atoms with Crippen LogP contribution in [0, 0.1) is 0 Å². The number of benzene rings is 3. The molecule has 0 aliphatic heterocycles. The van der Waals surface area contributed by atoms with Crippen LogP contribution in [-0.4, -0.2) is 28.8 Å². The summed E-state index contributed by atoms with van der Waals surface area (Å²) < 4.78 is 7.01. The molecule has 6 nitrogen and oxygen atoms in total. The van der Waals surface area contributed by atoms with Gasteiger partial charge < -0.3 is 20.7 Å². The molecule has 0 heterocycles. The predicted octanol–water partition coefficient (Wildman–Crippen LogP) is 5.01. The molecule has 0 spiro atoms. The SMILES string of the molecule is NC(CCOc1cccc2ccccc12)c1ccc(Br)cc1.O=C(O)CCC(=O)O. The Hall–Kier alpha value is -2.90. The Labute approximate surface area is 183 Å². The second-order valence-electron chi connectivity index (χ2n) is 6.56. The van der Waals surface area contributed by atoms with Gasteiger partial charge in [-0.1, -0.05) is 64.5 Å². The molecule has 0 saturated heterocycles. The van der Waals surface area contributed by atoms with Gasteiger partial charge in [-0.2, -0.15) is 0 Å². The van der Waals surface area contributed by atoms with Crippen LogP contribution in [0.15, 0.2) is 71.2 Å². The number of rotatable bonds is 8. The molecule has 3 aromatic carbocycles. The third-order valence-corrected chi connectivity index (χ3v) is 4.82. The summed E-state index contributed by atoms with van der Waals surface area (Å²) in [5, 5.41) is 18.1. The fourth-order valence-electron chi connectivity index (χ4n) is 2.71. The first kappa shape index (κ1) is 23.4. The van der Waals surface area contributed by atoms with Crippen molar-refractivity contribution in [2.24, 2.45) is 5.73 Å². The van der Waals surface area contributed by atoms with Gasteiger partial charge in [-0.15, -0.1) is 0 Å². The van der Waals surface area contributed by atoms with Crippen LogP contribution in [-0.2, 0) is 9.59 Å². The summed E-state index contributed by atoms with van der Waals surface area (Å²) in [5.41, 5.74) is 7.36. The number of halogens is 1. The molecular weight excluding hydrogens is 450 g/mol. The number of carboxylic acid groups (broad SMARTS) is 2. The monoisotopic (exact) mass is 473 g/mol. The first-order chi connectivity index (χ1) is 14.4. The number of hydrogen-bond acceptors (Lipinski definition) is 4. The number of hydrogen-bond donors (Lipinski definition) is 3. The number of fused-ring (bicyclic) bond motifs is 1. The zero-order chi connectivity index (χ0) is 21.9. The Morgan fingerprint density at radius 2 is 1.50 bits per heavy atom. The van der Waals surface area contributed by atoms with Crippen LogP contribution >= 0.6 is 15.9 Å². The van der Waals surface area contributed by atoms with Crippen molar-refractivity contribution in [2.75, 3.05) is 6.61 Å². The van der Waals surface area contributed by atoms with E-state index < -0.39 is 11.9 Å². The van der Waals surface area contributed by atoms with Crippen LogP contribution in [0.2, 0.25) is 0 Å². The third-order valence-electron chi connectivity index (χ3n) is 4.29. The van der Waals surface area contributed by atoms with Crippen LogP contribution in [0.25, 0.3) is 10.8 Å². The Balaban J connectivity index is 0.000000343. The number of carbonyl (C=O) groups is 2. The summed E-state index contributed by atoms with van der Waals surface area (Å²) in [6, 6.07) is 22.5. The Bertz CT molecular complexity index is 955. The summed E-state index contributed by atoms with van der Waals surface area (Å²) in [5.74, 6) is -1.24. The lowest BCUT2D eigenvalue weighted by Crippen LogP contribution is -2.14. The highest BCUT2D eigenvalue weighted by Crippen LogP contribution is 2.26. The van der Waals surface area contributed by atoms with Crippen LogP contribution in [0.4, 0.5) is 0 Å². The first-order valence-corrected chi connectivity index (χ1v) is 10.2. The van der Waals surface area contributed by atoms with Gasteiger partial charge in [0.15, 0.2) is 0 Å². The highest BCUT2D eigenvalue weighted by atomic mass is 79.9. The number of ether oxygens (including phenoxy) is 1. The smallest absolute Gasteiger partial charge is 0.303 e. The highest BCUT2D eigenvalue weighted by Gasteiger charge is 2.07. The maximum absolute atomic E-state index is 9.64. The van der Waals surface area contributed by atoms with Crippen molar-refractivity contribution in [1.82, 2.24) is 0 Å². The van der Waals surface area contributed by atoms with Gasteiger partial charge in [0.25, 0.3) is 0 Å². The number of nitrogens with two attached hydrogens (primary N) is 1. The minimum atomic E-state index is -1.08. The molecule has 1 unspecified atom stereocenters. The van der Waals surface area contributed by atoms with Gasteiger partial charge in [0.2, 0.25) is 0 Å². The quantitative estimate of drug-likeness (QED) is 0.424. The minimum Gasteiger partial charge on any atom is -0.493 e. The van der Waals surface area contributed by atoms with Crippen LogP contribution < -0.4 is 10.5 Å². The second-order valence-corrected chi connectivity index (χ2v) is 7.48. The van der Waals surface area contributed by atoms with Crippen molar-refractivity contribution in [3.05, 3.63) is 76.8 Å². The zero-order valence-corrected chi connectivity index (χ0v) is 17.9. The van der Waals surface area contributed by atoms with E-state index >= 15 is 0 Å². The lowest BCUT2D eigenvalue weighted by molar-refractivity contribution is -0.143. The van der Waals surface area contributed by atoms with Gasteiger partial charge in [-0.05, 0) is 29.1 Å². The molecular formula is C23H24BrNO5. The molecule has 158 valence electrons. The molecule has 4 N–H and O–H groups in total. The fraction of sp³-hybridized carbons (Fsp3) is 0.217. The minimum absolute atomic E-state index is 0.0110. The normalized spacial score (nSPS) is 11.3. The average molecular weight is 474 g/mol. The van der Waals surface area contributed by atoms with E-state index in [0.717, 1.165) is 27.6 Å². The largest absolute Gasteiger partial charge is 0.493 e. The molecule has 0 aliphatic carbocycles. The molecule has 0 radical (unpaired) electrons. The lowest BCUT2D eigenvalue weighted by atomic mass is 10.1. The van der Waals surface area contributed by atoms with Crippen LogP contribution in [0.5, 0.6) is 5.75 Å². The lowest BCUT2D eigenvalue weighted by Gasteiger charge is -2.14. The van der Waals surface area contributed by atoms with E-state index in [2.05, 4.69) is 34.1 Å². The van der Waals surface area contributed by atoms with Crippen molar-refractivity contribution in [3.63, 3.8) is 0 Å². The number of carboxylic acids is 2. The summed E-state index contributed by atoms with van der Waals surface area (Å²) in [4.78, 5) is 19.3. The van der Waals surface area contributed by atoms with Crippen molar-refractivity contribution in [3.8, 4) is 5.75 Å². The number of aliphatic carboxylic acids is 2. The molecule has 0 fully saturated rings. The molecule has 0 aliphatic rings. The van der Waals surface area contributed by atoms with E-state index in [9.17, 15) is 9.59 Å². The highest BCUT2D eigenvalue weighted by molar-refractivity contribution is 9.10. The molecule has 3 rings (SSSR count). The van der Waals surface area contributed by atoms with E-state index in [4.69, 9.17) is 20.7 Å². The maximum atomic E-state index is 9.64. The van der Waals surface area contributed by atoms with E-state index in [1.54, 1.807) is 0 Å². The Kier molecular flexibility index (Phi) is 9.31.